The van der Waals surface area contributed by atoms with Crippen molar-refractivity contribution in [2.45, 2.75) is 17.5 Å². The molecule has 2 aromatic carbocycles. The van der Waals surface area contributed by atoms with Crippen LogP contribution in [0.25, 0.3) is 22.1 Å². The monoisotopic (exact) mass is 350 g/mol. The molecule has 0 aliphatic rings. The predicted octanol–water partition coefficient (Wildman–Crippen LogP) is 4.60. The fourth-order valence-corrected chi connectivity index (χ4v) is 3.59. The summed E-state index contributed by atoms with van der Waals surface area (Å²) < 4.78 is 15.8. The van der Waals surface area contributed by atoms with Gasteiger partial charge in [-0.3, -0.25) is 0 Å². The van der Waals surface area contributed by atoms with E-state index < -0.39 is 0 Å². The van der Waals surface area contributed by atoms with Crippen molar-refractivity contribution in [1.29, 1.82) is 0 Å². The molecule has 124 valence electrons. The van der Waals surface area contributed by atoms with E-state index in [1.54, 1.807) is 12.1 Å². The summed E-state index contributed by atoms with van der Waals surface area (Å²) in [5.41, 5.74) is 3.22. The lowest BCUT2D eigenvalue weighted by atomic mass is 10.2. The van der Waals surface area contributed by atoms with Crippen LogP contribution in [0.5, 0.6) is 0 Å². The van der Waals surface area contributed by atoms with Crippen LogP contribution in [0.2, 0.25) is 0 Å². The van der Waals surface area contributed by atoms with E-state index in [1.165, 1.54) is 17.8 Å². The number of hydrogen-bond donors (Lipinski definition) is 0. The number of aromatic nitrogens is 4. The summed E-state index contributed by atoms with van der Waals surface area (Å²) in [5.74, 6) is 0.242. The van der Waals surface area contributed by atoms with E-state index >= 15 is 0 Å². The Balaban J connectivity index is 1.74. The van der Waals surface area contributed by atoms with Crippen LogP contribution in [0.15, 0.2) is 66.3 Å². The fraction of sp³-hybridized carbons (Fsp3) is 0.105. The van der Waals surface area contributed by atoms with Crippen molar-refractivity contribution in [3.05, 3.63) is 72.6 Å². The van der Waals surface area contributed by atoms with Gasteiger partial charge in [0, 0.05) is 17.7 Å². The molecule has 0 amide bonds. The third-order valence-corrected chi connectivity index (χ3v) is 4.87. The lowest BCUT2D eigenvalue weighted by Gasteiger charge is -2.04. The Labute approximate surface area is 148 Å². The molecule has 2 heterocycles. The number of benzene rings is 2. The molecule has 0 aliphatic heterocycles. The van der Waals surface area contributed by atoms with Crippen LogP contribution >= 0.6 is 11.8 Å². The Morgan fingerprint density at radius 2 is 1.88 bits per heavy atom. The van der Waals surface area contributed by atoms with Gasteiger partial charge in [-0.2, -0.15) is 0 Å². The quantitative estimate of drug-likeness (QED) is 0.390. The Bertz CT molecular complexity index is 1070. The van der Waals surface area contributed by atoms with Gasteiger partial charge in [0.15, 0.2) is 5.65 Å². The number of thioether (sulfide) groups is 1. The largest absolute Gasteiger partial charge is 0.320 e. The van der Waals surface area contributed by atoms with Crippen molar-refractivity contribution in [2.24, 2.45) is 0 Å². The molecular formula is C19H15FN4S. The van der Waals surface area contributed by atoms with E-state index in [0.717, 1.165) is 22.1 Å². The summed E-state index contributed by atoms with van der Waals surface area (Å²) in [6.45, 7) is 4.46. The average Bonchev–Trinajstić information content (AvgIpc) is 2.95. The van der Waals surface area contributed by atoms with E-state index in [0.29, 0.717) is 23.0 Å². The highest BCUT2D eigenvalue weighted by molar-refractivity contribution is 7.98. The molecule has 0 bridgehead atoms. The van der Waals surface area contributed by atoms with E-state index in [4.69, 9.17) is 0 Å². The number of allylic oxidation sites excluding steroid dienone is 1. The molecule has 0 fully saturated rings. The van der Waals surface area contributed by atoms with Crippen LogP contribution in [0, 0.1) is 5.82 Å². The van der Waals surface area contributed by atoms with Crippen LogP contribution in [0.3, 0.4) is 0 Å². The second kappa shape index (κ2) is 6.64. The first-order valence-electron chi connectivity index (χ1n) is 7.86. The molecule has 0 atom stereocenters. The summed E-state index contributed by atoms with van der Waals surface area (Å²) in [6.07, 6.45) is 1.83. The first kappa shape index (κ1) is 15.8. The smallest absolute Gasteiger partial charge is 0.211 e. The Morgan fingerprint density at radius 3 is 2.72 bits per heavy atom. The standard InChI is InChI=1S/C19H15FN4S/c1-2-11-24-16-10-6-4-8-14(16)17-18(24)21-19(23-22-17)25-12-13-7-3-5-9-15(13)20/h2-10H,1,11-12H2. The minimum atomic E-state index is -0.218. The minimum Gasteiger partial charge on any atom is -0.320 e. The van der Waals surface area contributed by atoms with Crippen molar-refractivity contribution in [3.8, 4) is 0 Å². The van der Waals surface area contributed by atoms with Crippen molar-refractivity contribution >= 4 is 33.8 Å². The highest BCUT2D eigenvalue weighted by Gasteiger charge is 2.14. The van der Waals surface area contributed by atoms with Crippen LogP contribution < -0.4 is 0 Å². The first-order valence-corrected chi connectivity index (χ1v) is 8.85. The van der Waals surface area contributed by atoms with Crippen LogP contribution in [-0.2, 0) is 12.3 Å². The van der Waals surface area contributed by atoms with Gasteiger partial charge in [0.2, 0.25) is 5.16 Å². The first-order chi connectivity index (χ1) is 12.3. The highest BCUT2D eigenvalue weighted by Crippen LogP contribution is 2.28. The second-order valence-electron chi connectivity index (χ2n) is 5.56. The molecule has 6 heteroatoms. The molecule has 0 radical (unpaired) electrons. The van der Waals surface area contributed by atoms with Gasteiger partial charge in [0.25, 0.3) is 0 Å². The van der Waals surface area contributed by atoms with Crippen molar-refractivity contribution < 1.29 is 4.39 Å². The SMILES string of the molecule is C=CCn1c2ccccc2c2nnc(SCc3ccccc3F)nc21. The zero-order valence-corrected chi connectivity index (χ0v) is 14.2. The van der Waals surface area contributed by atoms with Crippen LogP contribution in [0.4, 0.5) is 4.39 Å². The van der Waals surface area contributed by atoms with Gasteiger partial charge in [0.05, 0.1) is 5.52 Å². The topological polar surface area (TPSA) is 43.6 Å². The molecule has 4 nitrogen and oxygen atoms in total. The van der Waals surface area contributed by atoms with Crippen molar-refractivity contribution in [1.82, 2.24) is 19.7 Å². The Morgan fingerprint density at radius 1 is 1.08 bits per heavy atom. The van der Waals surface area contributed by atoms with Gasteiger partial charge < -0.3 is 4.57 Å². The summed E-state index contributed by atoms with van der Waals surface area (Å²) >= 11 is 1.38. The van der Waals surface area contributed by atoms with Gasteiger partial charge in [-0.25, -0.2) is 9.37 Å². The third kappa shape index (κ3) is 2.89. The molecule has 4 aromatic rings. The zero-order valence-electron chi connectivity index (χ0n) is 13.4. The zero-order chi connectivity index (χ0) is 17.2. The number of hydrogen-bond acceptors (Lipinski definition) is 4. The normalized spacial score (nSPS) is 11.2. The fourth-order valence-electron chi connectivity index (χ4n) is 2.82. The molecule has 0 saturated carbocycles. The molecule has 0 aliphatic carbocycles. The maximum absolute atomic E-state index is 13.8. The number of rotatable bonds is 5. The maximum atomic E-state index is 13.8. The summed E-state index contributed by atoms with van der Waals surface area (Å²) in [7, 11) is 0. The Hall–Kier alpha value is -2.73. The maximum Gasteiger partial charge on any atom is 0.211 e. The molecule has 0 spiro atoms. The van der Waals surface area contributed by atoms with E-state index in [2.05, 4.69) is 26.3 Å². The lowest BCUT2D eigenvalue weighted by Crippen LogP contribution is -1.99. The number of halogens is 1. The molecular weight excluding hydrogens is 335 g/mol. The van der Waals surface area contributed by atoms with Crippen molar-refractivity contribution in [2.75, 3.05) is 0 Å². The number of fused-ring (bicyclic) bond motifs is 3. The second-order valence-corrected chi connectivity index (χ2v) is 6.51. The summed E-state index contributed by atoms with van der Waals surface area (Å²) in [4.78, 5) is 4.66. The van der Waals surface area contributed by atoms with Crippen LogP contribution in [0.1, 0.15) is 5.56 Å². The molecule has 0 saturated heterocycles. The van der Waals surface area contributed by atoms with Gasteiger partial charge in [-0.05, 0) is 17.7 Å². The molecule has 0 unspecified atom stereocenters. The molecule has 2 aromatic heterocycles. The number of para-hydroxylation sites is 1. The van der Waals surface area contributed by atoms with Crippen LogP contribution in [-0.4, -0.2) is 19.7 Å². The Kier molecular flexibility index (Phi) is 4.19. The lowest BCUT2D eigenvalue weighted by molar-refractivity contribution is 0.617. The molecule has 4 rings (SSSR count). The highest BCUT2D eigenvalue weighted by atomic mass is 32.2. The summed E-state index contributed by atoms with van der Waals surface area (Å²) in [5, 5.41) is 10.1. The van der Waals surface area contributed by atoms with Gasteiger partial charge in [0.1, 0.15) is 11.3 Å². The minimum absolute atomic E-state index is 0.218. The van der Waals surface area contributed by atoms with E-state index in [1.807, 2.05) is 36.4 Å². The molecule has 25 heavy (non-hydrogen) atoms. The number of nitrogens with zero attached hydrogens (tertiary/aromatic N) is 4. The van der Waals surface area contributed by atoms with Gasteiger partial charge in [-0.1, -0.05) is 54.2 Å². The summed E-state index contributed by atoms with van der Waals surface area (Å²) in [6, 6.07) is 14.7. The van der Waals surface area contributed by atoms with Gasteiger partial charge >= 0.3 is 0 Å². The van der Waals surface area contributed by atoms with Gasteiger partial charge in [-0.15, -0.1) is 16.8 Å². The van der Waals surface area contributed by atoms with E-state index in [9.17, 15) is 4.39 Å². The average molecular weight is 350 g/mol. The molecule has 0 N–H and O–H groups in total. The van der Waals surface area contributed by atoms with Crippen molar-refractivity contribution in [3.63, 3.8) is 0 Å². The third-order valence-electron chi connectivity index (χ3n) is 3.98. The predicted molar refractivity (Wildman–Crippen MR) is 99.0 cm³/mol. The van der Waals surface area contributed by atoms with E-state index in [-0.39, 0.29) is 5.82 Å².